The SMILES string of the molecule is Cc1ccc(C(C)C)cc1N(C)C(=O)c1nc2ccccc2nc1O. The average molecular weight is 335 g/mol. The van der Waals surface area contributed by atoms with Crippen molar-refractivity contribution in [3.05, 3.63) is 59.3 Å². The second kappa shape index (κ2) is 6.51. The van der Waals surface area contributed by atoms with Crippen LogP contribution in [0.25, 0.3) is 11.0 Å². The highest BCUT2D eigenvalue weighted by Crippen LogP contribution is 2.27. The van der Waals surface area contributed by atoms with Crippen molar-refractivity contribution in [1.29, 1.82) is 0 Å². The average Bonchev–Trinajstić information content (AvgIpc) is 2.60. The van der Waals surface area contributed by atoms with Crippen LogP contribution in [0.3, 0.4) is 0 Å². The molecule has 3 rings (SSSR count). The van der Waals surface area contributed by atoms with Gasteiger partial charge in [-0.15, -0.1) is 0 Å². The molecule has 2 aromatic carbocycles. The van der Waals surface area contributed by atoms with Crippen LogP contribution in [0.2, 0.25) is 0 Å². The predicted octanol–water partition coefficient (Wildman–Crippen LogP) is 4.04. The minimum atomic E-state index is -0.389. The standard InChI is InChI=1S/C20H21N3O2/c1-12(2)14-10-9-13(3)17(11-14)23(4)20(25)18-19(24)22-16-8-6-5-7-15(16)21-18/h5-12H,1-4H3,(H,22,24). The van der Waals surface area contributed by atoms with Gasteiger partial charge in [0.2, 0.25) is 5.88 Å². The Balaban J connectivity index is 2.03. The molecular formula is C20H21N3O2. The zero-order valence-corrected chi connectivity index (χ0v) is 14.8. The summed E-state index contributed by atoms with van der Waals surface area (Å²) in [7, 11) is 1.69. The van der Waals surface area contributed by atoms with E-state index in [9.17, 15) is 9.90 Å². The molecule has 1 amide bonds. The van der Waals surface area contributed by atoms with Gasteiger partial charge < -0.3 is 10.0 Å². The smallest absolute Gasteiger partial charge is 0.282 e. The molecule has 1 N–H and O–H groups in total. The summed E-state index contributed by atoms with van der Waals surface area (Å²) in [5, 5.41) is 10.2. The largest absolute Gasteiger partial charge is 0.492 e. The maximum Gasteiger partial charge on any atom is 0.282 e. The number of nitrogens with zero attached hydrogens (tertiary/aromatic N) is 3. The minimum Gasteiger partial charge on any atom is -0.492 e. The maximum atomic E-state index is 12.9. The lowest BCUT2D eigenvalue weighted by Gasteiger charge is -2.21. The van der Waals surface area contributed by atoms with E-state index in [1.165, 1.54) is 4.90 Å². The monoisotopic (exact) mass is 335 g/mol. The van der Waals surface area contributed by atoms with Gasteiger partial charge in [0.25, 0.3) is 5.91 Å². The lowest BCUT2D eigenvalue weighted by atomic mass is 10.00. The van der Waals surface area contributed by atoms with E-state index in [-0.39, 0.29) is 17.5 Å². The number of benzene rings is 2. The summed E-state index contributed by atoms with van der Waals surface area (Å²) in [5.74, 6) is -0.385. The topological polar surface area (TPSA) is 66.3 Å². The fourth-order valence-electron chi connectivity index (χ4n) is 2.75. The van der Waals surface area contributed by atoms with E-state index in [2.05, 4.69) is 29.9 Å². The van der Waals surface area contributed by atoms with Crippen molar-refractivity contribution in [2.75, 3.05) is 11.9 Å². The molecule has 5 heteroatoms. The van der Waals surface area contributed by atoms with E-state index in [0.717, 1.165) is 16.8 Å². The highest BCUT2D eigenvalue weighted by molar-refractivity contribution is 6.07. The number of hydrogen-bond donors (Lipinski definition) is 1. The van der Waals surface area contributed by atoms with Crippen molar-refractivity contribution < 1.29 is 9.90 Å². The number of aryl methyl sites for hydroxylation is 1. The predicted molar refractivity (Wildman–Crippen MR) is 99.2 cm³/mol. The van der Waals surface area contributed by atoms with Crippen LogP contribution in [-0.2, 0) is 0 Å². The maximum absolute atomic E-state index is 12.9. The van der Waals surface area contributed by atoms with Crippen LogP contribution in [0, 0.1) is 6.92 Å². The van der Waals surface area contributed by atoms with Gasteiger partial charge in [-0.05, 0) is 42.2 Å². The van der Waals surface area contributed by atoms with Gasteiger partial charge >= 0.3 is 0 Å². The van der Waals surface area contributed by atoms with Crippen LogP contribution in [0.15, 0.2) is 42.5 Å². The number of para-hydroxylation sites is 2. The van der Waals surface area contributed by atoms with Gasteiger partial charge in [-0.1, -0.05) is 38.1 Å². The number of anilines is 1. The fourth-order valence-corrected chi connectivity index (χ4v) is 2.75. The molecule has 5 nitrogen and oxygen atoms in total. The number of aromatic nitrogens is 2. The lowest BCUT2D eigenvalue weighted by molar-refractivity contribution is 0.0985. The number of carbonyl (C=O) groups excluding carboxylic acids is 1. The Bertz CT molecular complexity index is 951. The van der Waals surface area contributed by atoms with Gasteiger partial charge in [0.1, 0.15) is 0 Å². The van der Waals surface area contributed by atoms with Gasteiger partial charge in [-0.25, -0.2) is 9.97 Å². The zero-order valence-electron chi connectivity index (χ0n) is 14.8. The molecule has 0 saturated carbocycles. The van der Waals surface area contributed by atoms with Crippen LogP contribution in [0.5, 0.6) is 5.88 Å². The number of rotatable bonds is 3. The number of hydrogen-bond acceptors (Lipinski definition) is 4. The molecule has 0 aliphatic heterocycles. The second-order valence-corrected chi connectivity index (χ2v) is 6.45. The normalized spacial score (nSPS) is 11.1. The van der Waals surface area contributed by atoms with Crippen LogP contribution in [-0.4, -0.2) is 28.0 Å². The molecule has 0 fully saturated rings. The molecule has 0 spiro atoms. The second-order valence-electron chi connectivity index (χ2n) is 6.45. The summed E-state index contributed by atoms with van der Waals surface area (Å²) in [6.07, 6.45) is 0. The number of aromatic hydroxyl groups is 1. The summed E-state index contributed by atoms with van der Waals surface area (Å²) in [5.41, 5.74) is 4.01. The minimum absolute atomic E-state index is 0.0458. The van der Waals surface area contributed by atoms with E-state index in [0.29, 0.717) is 17.0 Å². The summed E-state index contributed by atoms with van der Waals surface area (Å²) >= 11 is 0. The lowest BCUT2D eigenvalue weighted by Crippen LogP contribution is -2.28. The van der Waals surface area contributed by atoms with Crippen molar-refractivity contribution in [3.63, 3.8) is 0 Å². The van der Waals surface area contributed by atoms with Crippen molar-refractivity contribution >= 4 is 22.6 Å². The summed E-state index contributed by atoms with van der Waals surface area (Å²) < 4.78 is 0. The Kier molecular flexibility index (Phi) is 4.40. The van der Waals surface area contributed by atoms with Crippen molar-refractivity contribution in [3.8, 4) is 5.88 Å². The van der Waals surface area contributed by atoms with E-state index in [1.54, 1.807) is 19.2 Å². The third kappa shape index (κ3) is 3.18. The first-order valence-corrected chi connectivity index (χ1v) is 8.23. The third-order valence-electron chi connectivity index (χ3n) is 4.32. The van der Waals surface area contributed by atoms with Crippen molar-refractivity contribution in [2.45, 2.75) is 26.7 Å². The molecule has 3 aromatic rings. The molecule has 0 aliphatic carbocycles. The van der Waals surface area contributed by atoms with E-state index in [4.69, 9.17) is 0 Å². The Morgan fingerprint density at radius 2 is 1.72 bits per heavy atom. The molecule has 128 valence electrons. The first kappa shape index (κ1) is 16.9. The van der Waals surface area contributed by atoms with Gasteiger partial charge in [-0.3, -0.25) is 4.79 Å². The van der Waals surface area contributed by atoms with Crippen LogP contribution in [0.1, 0.15) is 41.4 Å². The Morgan fingerprint density at radius 1 is 1.08 bits per heavy atom. The van der Waals surface area contributed by atoms with Gasteiger partial charge in [0.05, 0.1) is 11.0 Å². The van der Waals surface area contributed by atoms with E-state index < -0.39 is 0 Å². The van der Waals surface area contributed by atoms with Crippen molar-refractivity contribution in [1.82, 2.24) is 9.97 Å². The molecule has 1 heterocycles. The first-order valence-electron chi connectivity index (χ1n) is 8.23. The Hall–Kier alpha value is -2.95. The highest BCUT2D eigenvalue weighted by atomic mass is 16.3. The van der Waals surface area contributed by atoms with Crippen LogP contribution >= 0.6 is 0 Å². The zero-order chi connectivity index (χ0) is 18.1. The number of amides is 1. The van der Waals surface area contributed by atoms with Crippen LogP contribution in [0.4, 0.5) is 5.69 Å². The number of carbonyl (C=O) groups is 1. The van der Waals surface area contributed by atoms with Crippen molar-refractivity contribution in [2.24, 2.45) is 0 Å². The molecule has 0 unspecified atom stereocenters. The molecule has 0 radical (unpaired) electrons. The third-order valence-corrected chi connectivity index (χ3v) is 4.32. The molecule has 0 saturated heterocycles. The molecule has 0 bridgehead atoms. The molecule has 0 aliphatic rings. The highest BCUT2D eigenvalue weighted by Gasteiger charge is 2.22. The first-order chi connectivity index (χ1) is 11.9. The Morgan fingerprint density at radius 3 is 2.36 bits per heavy atom. The van der Waals surface area contributed by atoms with E-state index in [1.807, 2.05) is 31.2 Å². The molecular weight excluding hydrogens is 314 g/mol. The van der Waals surface area contributed by atoms with Gasteiger partial charge in [0, 0.05) is 12.7 Å². The van der Waals surface area contributed by atoms with E-state index >= 15 is 0 Å². The molecule has 25 heavy (non-hydrogen) atoms. The van der Waals surface area contributed by atoms with Gasteiger partial charge in [-0.2, -0.15) is 0 Å². The fraction of sp³-hybridized carbons (Fsp3) is 0.250. The quantitative estimate of drug-likeness (QED) is 0.784. The summed E-state index contributed by atoms with van der Waals surface area (Å²) in [4.78, 5) is 22.8. The van der Waals surface area contributed by atoms with Crippen LogP contribution < -0.4 is 4.90 Å². The summed E-state index contributed by atoms with van der Waals surface area (Å²) in [6, 6.07) is 13.2. The van der Waals surface area contributed by atoms with Gasteiger partial charge in [0.15, 0.2) is 5.69 Å². The summed E-state index contributed by atoms with van der Waals surface area (Å²) in [6.45, 7) is 6.17. The molecule has 0 atom stereocenters. The molecule has 1 aromatic heterocycles. The Labute approximate surface area is 147 Å². The number of fused-ring (bicyclic) bond motifs is 1.